The Kier molecular flexibility index (Phi) is 4.42. The van der Waals surface area contributed by atoms with Gasteiger partial charge in [0.15, 0.2) is 0 Å². The zero-order valence-electron chi connectivity index (χ0n) is 9.25. The lowest BCUT2D eigenvalue weighted by Crippen LogP contribution is -2.05. The lowest BCUT2D eigenvalue weighted by Gasteiger charge is -2.07. The van der Waals surface area contributed by atoms with Crippen molar-refractivity contribution in [2.75, 3.05) is 5.32 Å². The maximum Gasteiger partial charge on any atom is 0.328 e. The number of anilines is 1. The Hall–Kier alpha value is -2.14. The molecule has 1 amide bonds. The molecule has 17 heavy (non-hydrogen) atoms. The number of aliphatic hydroxyl groups is 1. The van der Waals surface area contributed by atoms with Crippen LogP contribution >= 0.6 is 0 Å². The number of carboxylic acids is 1. The highest BCUT2D eigenvalue weighted by Crippen LogP contribution is 2.17. The van der Waals surface area contributed by atoms with E-state index in [9.17, 15) is 14.7 Å². The molecule has 90 valence electrons. The van der Waals surface area contributed by atoms with Crippen molar-refractivity contribution in [3.8, 4) is 0 Å². The Labute approximate surface area is 98.4 Å². The quantitative estimate of drug-likeness (QED) is 0.687. The van der Waals surface area contributed by atoms with Gasteiger partial charge < -0.3 is 15.5 Å². The van der Waals surface area contributed by atoms with Gasteiger partial charge in [0.25, 0.3) is 0 Å². The van der Waals surface area contributed by atoms with E-state index in [2.05, 4.69) is 5.32 Å². The summed E-state index contributed by atoms with van der Waals surface area (Å²) < 4.78 is 0. The van der Waals surface area contributed by atoms with E-state index in [4.69, 9.17) is 5.11 Å². The number of carbonyl (C=O) groups excluding carboxylic acids is 1. The molecule has 5 nitrogen and oxygen atoms in total. The Balaban J connectivity index is 2.73. The van der Waals surface area contributed by atoms with Gasteiger partial charge in [-0.05, 0) is 23.8 Å². The van der Waals surface area contributed by atoms with Crippen molar-refractivity contribution in [2.45, 2.75) is 13.0 Å². The molecule has 1 rings (SSSR count). The van der Waals surface area contributed by atoms with Gasteiger partial charge >= 0.3 is 5.97 Å². The molecule has 0 aromatic heterocycles. The molecule has 0 fully saturated rings. The lowest BCUT2D eigenvalue weighted by molar-refractivity contribution is -0.131. The summed E-state index contributed by atoms with van der Waals surface area (Å²) in [5.41, 5.74) is 1.17. The summed E-state index contributed by atoms with van der Waals surface area (Å²) >= 11 is 0. The first kappa shape index (κ1) is 12.9. The summed E-state index contributed by atoms with van der Waals surface area (Å²) in [5.74, 6) is -1.29. The first-order valence-corrected chi connectivity index (χ1v) is 4.96. The molecule has 3 N–H and O–H groups in total. The highest BCUT2D eigenvalue weighted by atomic mass is 16.4. The monoisotopic (exact) mass is 235 g/mol. The second-order valence-corrected chi connectivity index (χ2v) is 3.45. The number of benzene rings is 1. The number of hydrogen-bond acceptors (Lipinski definition) is 3. The fraction of sp³-hybridized carbons (Fsp3) is 0.167. The molecule has 0 spiro atoms. The first-order chi connectivity index (χ1) is 7.99. The summed E-state index contributed by atoms with van der Waals surface area (Å²) in [6.07, 6.45) is 1.08. The molecule has 0 heterocycles. The maximum absolute atomic E-state index is 10.8. The summed E-state index contributed by atoms with van der Waals surface area (Å²) in [6, 6.07) is 6.49. The molecular weight excluding hydrogens is 222 g/mol. The highest BCUT2D eigenvalue weighted by Gasteiger charge is 2.04. The normalized spacial score (nSPS) is 12.4. The smallest absolute Gasteiger partial charge is 0.328 e. The van der Waals surface area contributed by atoms with E-state index in [1.54, 1.807) is 24.3 Å². The van der Waals surface area contributed by atoms with Crippen molar-refractivity contribution >= 4 is 17.6 Å². The van der Waals surface area contributed by atoms with Gasteiger partial charge in [-0.25, -0.2) is 4.79 Å². The molecule has 0 aliphatic heterocycles. The molecule has 1 atom stereocenters. The van der Waals surface area contributed by atoms with E-state index >= 15 is 0 Å². The highest BCUT2D eigenvalue weighted by molar-refractivity contribution is 5.88. The van der Waals surface area contributed by atoms with Crippen LogP contribution in [0.3, 0.4) is 0 Å². The van der Waals surface area contributed by atoms with Crippen LogP contribution in [0.15, 0.2) is 36.4 Å². The largest absolute Gasteiger partial charge is 0.478 e. The number of hydrogen-bond donors (Lipinski definition) is 3. The predicted octanol–water partition coefficient (Wildman–Crippen LogP) is 1.32. The third-order valence-corrected chi connectivity index (χ3v) is 1.99. The SMILES string of the molecule is CC(=O)Nc1ccc(C(O)/C=C/C(=O)O)cc1. The standard InChI is InChI=1S/C12H13NO4/c1-8(14)13-10-4-2-9(3-5-10)11(15)6-7-12(16)17/h2-7,11,15H,1H3,(H,13,14)(H,16,17)/b7-6+. The molecule has 1 aromatic carbocycles. The molecule has 5 heteroatoms. The van der Waals surface area contributed by atoms with Crippen LogP contribution in [-0.2, 0) is 9.59 Å². The summed E-state index contributed by atoms with van der Waals surface area (Å²) in [4.78, 5) is 21.0. The van der Waals surface area contributed by atoms with Gasteiger partial charge in [0.1, 0.15) is 0 Å². The Morgan fingerprint density at radius 2 is 1.88 bits per heavy atom. The van der Waals surface area contributed by atoms with Gasteiger partial charge in [-0.2, -0.15) is 0 Å². The minimum absolute atomic E-state index is 0.177. The number of carboxylic acid groups (broad SMARTS) is 1. The van der Waals surface area contributed by atoms with E-state index in [0.29, 0.717) is 11.3 Å². The van der Waals surface area contributed by atoms with Gasteiger partial charge in [0.05, 0.1) is 6.10 Å². The van der Waals surface area contributed by atoms with Crippen LogP contribution in [0.2, 0.25) is 0 Å². The average molecular weight is 235 g/mol. The second kappa shape index (κ2) is 5.81. The fourth-order valence-corrected chi connectivity index (χ4v) is 1.25. The molecule has 0 bridgehead atoms. The Bertz CT molecular complexity index is 436. The van der Waals surface area contributed by atoms with Gasteiger partial charge in [-0.1, -0.05) is 12.1 Å². The van der Waals surface area contributed by atoms with Crippen molar-refractivity contribution in [1.82, 2.24) is 0 Å². The molecule has 1 aromatic rings. The topological polar surface area (TPSA) is 86.6 Å². The van der Waals surface area contributed by atoms with Crippen molar-refractivity contribution in [3.05, 3.63) is 42.0 Å². The van der Waals surface area contributed by atoms with E-state index < -0.39 is 12.1 Å². The van der Waals surface area contributed by atoms with Crippen LogP contribution < -0.4 is 5.32 Å². The third kappa shape index (κ3) is 4.48. The first-order valence-electron chi connectivity index (χ1n) is 4.96. The van der Waals surface area contributed by atoms with Crippen LogP contribution in [0.4, 0.5) is 5.69 Å². The van der Waals surface area contributed by atoms with Crippen LogP contribution in [0.25, 0.3) is 0 Å². The summed E-state index contributed by atoms with van der Waals surface area (Å²) in [5, 5.41) is 20.6. The number of rotatable bonds is 4. The van der Waals surface area contributed by atoms with Crippen LogP contribution in [0, 0.1) is 0 Å². The number of nitrogens with one attached hydrogen (secondary N) is 1. The van der Waals surface area contributed by atoms with Crippen LogP contribution in [0.1, 0.15) is 18.6 Å². The van der Waals surface area contributed by atoms with Gasteiger partial charge in [-0.15, -0.1) is 0 Å². The molecule has 0 saturated heterocycles. The van der Waals surface area contributed by atoms with E-state index in [-0.39, 0.29) is 5.91 Å². The third-order valence-electron chi connectivity index (χ3n) is 1.99. The Morgan fingerprint density at radius 1 is 1.29 bits per heavy atom. The molecule has 0 aliphatic rings. The van der Waals surface area contributed by atoms with Crippen molar-refractivity contribution < 1.29 is 19.8 Å². The number of aliphatic carboxylic acids is 1. The van der Waals surface area contributed by atoms with E-state index in [0.717, 1.165) is 6.08 Å². The number of amides is 1. The minimum Gasteiger partial charge on any atom is -0.478 e. The minimum atomic E-state index is -1.11. The molecular formula is C12H13NO4. The van der Waals surface area contributed by atoms with Crippen LogP contribution in [-0.4, -0.2) is 22.1 Å². The zero-order chi connectivity index (χ0) is 12.8. The maximum atomic E-state index is 10.8. The van der Waals surface area contributed by atoms with E-state index in [1.807, 2.05) is 0 Å². The molecule has 0 aliphatic carbocycles. The van der Waals surface area contributed by atoms with Gasteiger partial charge in [0.2, 0.25) is 5.91 Å². The molecule has 0 radical (unpaired) electrons. The average Bonchev–Trinajstić information content (AvgIpc) is 2.26. The fourth-order valence-electron chi connectivity index (χ4n) is 1.25. The van der Waals surface area contributed by atoms with Crippen molar-refractivity contribution in [2.24, 2.45) is 0 Å². The van der Waals surface area contributed by atoms with E-state index in [1.165, 1.54) is 13.0 Å². The summed E-state index contributed by atoms with van der Waals surface area (Å²) in [6.45, 7) is 1.40. The predicted molar refractivity (Wildman–Crippen MR) is 62.5 cm³/mol. The van der Waals surface area contributed by atoms with Gasteiger partial charge in [-0.3, -0.25) is 4.79 Å². The van der Waals surface area contributed by atoms with Crippen molar-refractivity contribution in [3.63, 3.8) is 0 Å². The Morgan fingerprint density at radius 3 is 2.35 bits per heavy atom. The molecule has 0 saturated carbocycles. The zero-order valence-corrected chi connectivity index (χ0v) is 9.25. The lowest BCUT2D eigenvalue weighted by atomic mass is 10.1. The van der Waals surface area contributed by atoms with Gasteiger partial charge in [0, 0.05) is 18.7 Å². The van der Waals surface area contributed by atoms with Crippen LogP contribution in [0.5, 0.6) is 0 Å². The van der Waals surface area contributed by atoms with Crippen molar-refractivity contribution in [1.29, 1.82) is 0 Å². The molecule has 1 unspecified atom stereocenters. The summed E-state index contributed by atoms with van der Waals surface area (Å²) in [7, 11) is 0. The number of aliphatic hydroxyl groups excluding tert-OH is 1. The number of carbonyl (C=O) groups is 2. The second-order valence-electron chi connectivity index (χ2n) is 3.45.